The molecule has 2 N–H and O–H groups in total. The maximum Gasteiger partial charge on any atom is 0.317 e. The molecule has 1 atom stereocenters. The number of urea groups is 1. The second-order valence-electron chi connectivity index (χ2n) is 5.03. The number of carbonyl (C=O) groups is 1. The first kappa shape index (κ1) is 16.2. The lowest BCUT2D eigenvalue weighted by Gasteiger charge is -2.17. The molecular weight excluding hydrogens is 300 g/mol. The number of rotatable bonds is 5. The zero-order chi connectivity index (χ0) is 15.9. The van der Waals surface area contributed by atoms with Crippen molar-refractivity contribution in [2.45, 2.75) is 26.6 Å². The fourth-order valence-electron chi connectivity index (χ4n) is 1.99. The molecule has 0 saturated heterocycles. The molecule has 0 fully saturated rings. The van der Waals surface area contributed by atoms with Gasteiger partial charge in [0.15, 0.2) is 6.23 Å². The predicted octanol–water partition coefficient (Wildman–Crippen LogP) is 3.87. The van der Waals surface area contributed by atoms with Gasteiger partial charge in [0.25, 0.3) is 0 Å². The number of ether oxygens (including phenoxy) is 1. The van der Waals surface area contributed by atoms with Crippen LogP contribution in [0.25, 0.3) is 0 Å². The van der Waals surface area contributed by atoms with Gasteiger partial charge >= 0.3 is 6.03 Å². The van der Waals surface area contributed by atoms with Crippen molar-refractivity contribution in [3.05, 3.63) is 64.7 Å². The van der Waals surface area contributed by atoms with E-state index in [4.69, 9.17) is 16.3 Å². The lowest BCUT2D eigenvalue weighted by molar-refractivity contribution is 0.177. The first-order valence-electron chi connectivity index (χ1n) is 7.05. The van der Waals surface area contributed by atoms with Crippen LogP contribution in [0, 0.1) is 6.92 Å². The molecule has 0 radical (unpaired) electrons. The van der Waals surface area contributed by atoms with E-state index < -0.39 is 6.23 Å². The first-order valence-corrected chi connectivity index (χ1v) is 7.43. The molecule has 2 aromatic rings. The van der Waals surface area contributed by atoms with E-state index in [1.54, 1.807) is 31.2 Å². The number of halogens is 1. The highest BCUT2D eigenvalue weighted by Gasteiger charge is 2.08. The van der Waals surface area contributed by atoms with Gasteiger partial charge in [-0.3, -0.25) is 0 Å². The van der Waals surface area contributed by atoms with Crippen LogP contribution < -0.4 is 15.4 Å². The van der Waals surface area contributed by atoms with E-state index in [1.165, 1.54) is 5.56 Å². The zero-order valence-corrected chi connectivity index (χ0v) is 13.4. The quantitative estimate of drug-likeness (QED) is 0.822. The second-order valence-corrected chi connectivity index (χ2v) is 5.47. The van der Waals surface area contributed by atoms with Crippen LogP contribution in [0.5, 0.6) is 5.75 Å². The third-order valence-corrected chi connectivity index (χ3v) is 3.25. The van der Waals surface area contributed by atoms with E-state index >= 15 is 0 Å². The molecule has 0 aliphatic carbocycles. The molecule has 5 heteroatoms. The van der Waals surface area contributed by atoms with Crippen LogP contribution in [0.2, 0.25) is 5.02 Å². The van der Waals surface area contributed by atoms with Gasteiger partial charge in [0.2, 0.25) is 0 Å². The number of amides is 2. The van der Waals surface area contributed by atoms with Crippen LogP contribution >= 0.6 is 11.6 Å². The summed E-state index contributed by atoms with van der Waals surface area (Å²) in [5, 5.41) is 6.17. The van der Waals surface area contributed by atoms with Crippen molar-refractivity contribution in [3.8, 4) is 5.75 Å². The minimum Gasteiger partial charge on any atom is -0.471 e. The molecule has 0 spiro atoms. The summed E-state index contributed by atoms with van der Waals surface area (Å²) in [6, 6.07) is 14.7. The smallest absolute Gasteiger partial charge is 0.317 e. The van der Waals surface area contributed by atoms with Crippen LogP contribution in [0.15, 0.2) is 48.5 Å². The molecular formula is C17H19ClN2O2. The molecule has 0 aliphatic heterocycles. The number of aryl methyl sites for hydroxylation is 1. The maximum absolute atomic E-state index is 11.8. The number of nitrogens with one attached hydrogen (secondary N) is 2. The standard InChI is InChI=1S/C17H19ClN2O2/c1-12-4-3-5-14(10-12)11-19-17(21)20-13(2)22-16-8-6-15(18)7-9-16/h3-10,13H,11H2,1-2H3,(H2,19,20,21). The van der Waals surface area contributed by atoms with Crippen molar-refractivity contribution >= 4 is 17.6 Å². The Morgan fingerprint density at radius 3 is 2.64 bits per heavy atom. The monoisotopic (exact) mass is 318 g/mol. The average molecular weight is 319 g/mol. The Hall–Kier alpha value is -2.20. The highest BCUT2D eigenvalue weighted by molar-refractivity contribution is 6.30. The summed E-state index contributed by atoms with van der Waals surface area (Å²) < 4.78 is 5.58. The van der Waals surface area contributed by atoms with Gasteiger partial charge in [0.05, 0.1) is 0 Å². The van der Waals surface area contributed by atoms with Crippen LogP contribution in [-0.4, -0.2) is 12.3 Å². The second kappa shape index (κ2) is 7.71. The van der Waals surface area contributed by atoms with Crippen molar-refractivity contribution in [1.82, 2.24) is 10.6 Å². The minimum absolute atomic E-state index is 0.275. The third kappa shape index (κ3) is 5.30. The minimum atomic E-state index is -0.446. The predicted molar refractivity (Wildman–Crippen MR) is 88.1 cm³/mol. The van der Waals surface area contributed by atoms with Crippen LogP contribution in [-0.2, 0) is 6.54 Å². The maximum atomic E-state index is 11.8. The van der Waals surface area contributed by atoms with Gasteiger partial charge in [-0.1, -0.05) is 41.4 Å². The molecule has 0 bridgehead atoms. The molecule has 2 amide bonds. The van der Waals surface area contributed by atoms with Crippen molar-refractivity contribution in [2.24, 2.45) is 0 Å². The summed E-state index contributed by atoms with van der Waals surface area (Å²) >= 11 is 5.81. The first-order chi connectivity index (χ1) is 10.5. The van der Waals surface area contributed by atoms with Gasteiger partial charge in [0, 0.05) is 11.6 Å². The summed E-state index contributed by atoms with van der Waals surface area (Å²) in [5.41, 5.74) is 2.22. The summed E-state index contributed by atoms with van der Waals surface area (Å²) in [5.74, 6) is 0.649. The Kier molecular flexibility index (Phi) is 5.67. The Labute approximate surface area is 135 Å². The highest BCUT2D eigenvalue weighted by Crippen LogP contribution is 2.16. The Morgan fingerprint density at radius 2 is 1.95 bits per heavy atom. The van der Waals surface area contributed by atoms with Crippen LogP contribution in [0.1, 0.15) is 18.1 Å². The van der Waals surface area contributed by atoms with E-state index in [9.17, 15) is 4.79 Å². The third-order valence-electron chi connectivity index (χ3n) is 3.00. The molecule has 22 heavy (non-hydrogen) atoms. The zero-order valence-electron chi connectivity index (χ0n) is 12.6. The largest absolute Gasteiger partial charge is 0.471 e. The number of hydrogen-bond donors (Lipinski definition) is 2. The van der Waals surface area contributed by atoms with Crippen molar-refractivity contribution in [2.75, 3.05) is 0 Å². The lowest BCUT2D eigenvalue weighted by Crippen LogP contribution is -2.43. The molecule has 2 aromatic carbocycles. The van der Waals surface area contributed by atoms with Gasteiger partial charge in [-0.15, -0.1) is 0 Å². The summed E-state index contributed by atoms with van der Waals surface area (Å²) in [6.07, 6.45) is -0.446. The Bertz CT molecular complexity index is 629. The number of hydrogen-bond acceptors (Lipinski definition) is 2. The van der Waals surface area contributed by atoms with E-state index in [1.807, 2.05) is 31.2 Å². The van der Waals surface area contributed by atoms with Gasteiger partial charge in [-0.25, -0.2) is 4.79 Å². The van der Waals surface area contributed by atoms with E-state index in [0.29, 0.717) is 17.3 Å². The normalized spacial score (nSPS) is 11.6. The van der Waals surface area contributed by atoms with Crippen molar-refractivity contribution in [3.63, 3.8) is 0 Å². The Morgan fingerprint density at radius 1 is 1.23 bits per heavy atom. The average Bonchev–Trinajstić information content (AvgIpc) is 2.47. The van der Waals surface area contributed by atoms with Crippen LogP contribution in [0.4, 0.5) is 4.79 Å². The van der Waals surface area contributed by atoms with Gasteiger partial charge in [-0.2, -0.15) is 0 Å². The molecule has 1 unspecified atom stereocenters. The molecule has 0 aromatic heterocycles. The lowest BCUT2D eigenvalue weighted by atomic mass is 10.1. The van der Waals surface area contributed by atoms with Crippen molar-refractivity contribution in [1.29, 1.82) is 0 Å². The highest BCUT2D eigenvalue weighted by atomic mass is 35.5. The molecule has 116 valence electrons. The molecule has 2 rings (SSSR count). The molecule has 0 heterocycles. The molecule has 0 saturated carbocycles. The van der Waals surface area contributed by atoms with E-state index in [2.05, 4.69) is 10.6 Å². The fourth-order valence-corrected chi connectivity index (χ4v) is 2.11. The Balaban J connectivity index is 1.77. The van der Waals surface area contributed by atoms with Gasteiger partial charge < -0.3 is 15.4 Å². The van der Waals surface area contributed by atoms with E-state index in [-0.39, 0.29) is 6.03 Å². The SMILES string of the molecule is Cc1cccc(CNC(=O)NC(C)Oc2ccc(Cl)cc2)c1. The van der Waals surface area contributed by atoms with Crippen molar-refractivity contribution < 1.29 is 9.53 Å². The van der Waals surface area contributed by atoms with E-state index in [0.717, 1.165) is 5.56 Å². The number of benzene rings is 2. The van der Waals surface area contributed by atoms with Gasteiger partial charge in [0.1, 0.15) is 5.75 Å². The molecule has 0 aliphatic rings. The number of carbonyl (C=O) groups excluding carboxylic acids is 1. The summed E-state index contributed by atoms with van der Waals surface area (Å²) in [6.45, 7) is 4.26. The topological polar surface area (TPSA) is 50.4 Å². The summed E-state index contributed by atoms with van der Waals surface area (Å²) in [7, 11) is 0. The molecule has 4 nitrogen and oxygen atoms in total. The summed E-state index contributed by atoms with van der Waals surface area (Å²) in [4.78, 5) is 11.8. The fraction of sp³-hybridized carbons (Fsp3) is 0.235. The van der Waals surface area contributed by atoms with Crippen LogP contribution in [0.3, 0.4) is 0 Å². The van der Waals surface area contributed by atoms with Gasteiger partial charge in [-0.05, 0) is 43.7 Å².